The van der Waals surface area contributed by atoms with Crippen LogP contribution in [-0.4, -0.2) is 41.4 Å². The van der Waals surface area contributed by atoms with Gasteiger partial charge in [0, 0.05) is 25.0 Å². The van der Waals surface area contributed by atoms with Gasteiger partial charge in [0.1, 0.15) is 5.75 Å². The number of hydrogen-bond acceptors (Lipinski definition) is 3. The topological polar surface area (TPSA) is 49.9 Å². The van der Waals surface area contributed by atoms with Gasteiger partial charge >= 0.3 is 0 Å². The molecule has 0 N–H and O–H groups in total. The Kier molecular flexibility index (Phi) is 4.78. The van der Waals surface area contributed by atoms with Gasteiger partial charge in [0.15, 0.2) is 6.10 Å². The third-order valence-electron chi connectivity index (χ3n) is 5.10. The Morgan fingerprint density at radius 2 is 1.83 bits per heavy atom. The maximum Gasteiger partial charge on any atom is 0.267 e. The Bertz CT molecular complexity index is 621. The highest BCUT2D eigenvalue weighted by atomic mass is 16.5. The summed E-state index contributed by atoms with van der Waals surface area (Å²) in [6, 6.07) is 8.08. The highest BCUT2D eigenvalue weighted by molar-refractivity contribution is 6.00. The highest BCUT2D eigenvalue weighted by Crippen LogP contribution is 2.34. The Balaban J connectivity index is 1.71. The Hall–Kier alpha value is -2.04. The van der Waals surface area contributed by atoms with E-state index in [-0.39, 0.29) is 23.9 Å². The lowest BCUT2D eigenvalue weighted by molar-refractivity contribution is -0.137. The van der Waals surface area contributed by atoms with Gasteiger partial charge in [-0.3, -0.25) is 9.59 Å². The summed E-state index contributed by atoms with van der Waals surface area (Å²) >= 11 is 0. The summed E-state index contributed by atoms with van der Waals surface area (Å²) in [6.45, 7) is 6.38. The lowest BCUT2D eigenvalue weighted by Crippen LogP contribution is -2.50. The number of nitrogens with zero attached hydrogens (tertiary/aromatic N) is 2. The predicted molar refractivity (Wildman–Crippen MR) is 93.1 cm³/mol. The molecule has 2 amide bonds. The van der Waals surface area contributed by atoms with Crippen LogP contribution in [0.3, 0.4) is 0 Å². The minimum Gasteiger partial charge on any atom is -0.479 e. The number of carbonyl (C=O) groups excluding carboxylic acids is 2. The molecule has 24 heavy (non-hydrogen) atoms. The number of fused-ring (bicyclic) bond motifs is 1. The maximum atomic E-state index is 12.7. The van der Waals surface area contributed by atoms with Crippen molar-refractivity contribution in [2.75, 3.05) is 11.4 Å². The molecule has 1 aromatic rings. The van der Waals surface area contributed by atoms with Crippen LogP contribution in [0.15, 0.2) is 24.3 Å². The molecule has 0 bridgehead atoms. The van der Waals surface area contributed by atoms with Gasteiger partial charge in [-0.05, 0) is 52.2 Å². The van der Waals surface area contributed by atoms with Crippen molar-refractivity contribution in [2.45, 2.75) is 64.6 Å². The van der Waals surface area contributed by atoms with Crippen LogP contribution < -0.4 is 9.64 Å². The van der Waals surface area contributed by atoms with Gasteiger partial charge in [0.25, 0.3) is 5.91 Å². The first-order valence-corrected chi connectivity index (χ1v) is 8.87. The van der Waals surface area contributed by atoms with Crippen molar-refractivity contribution in [2.24, 2.45) is 0 Å². The third-order valence-corrected chi connectivity index (χ3v) is 5.10. The van der Waals surface area contributed by atoms with Gasteiger partial charge in [0.05, 0.1) is 5.69 Å². The summed E-state index contributed by atoms with van der Waals surface area (Å²) in [5.74, 6) is 0.761. The molecule has 0 aliphatic carbocycles. The Labute approximate surface area is 143 Å². The third kappa shape index (κ3) is 3.12. The Morgan fingerprint density at radius 3 is 2.54 bits per heavy atom. The summed E-state index contributed by atoms with van der Waals surface area (Å²) in [7, 11) is 0. The van der Waals surface area contributed by atoms with Gasteiger partial charge in [-0.1, -0.05) is 12.1 Å². The maximum absolute atomic E-state index is 12.7. The molecule has 130 valence electrons. The van der Waals surface area contributed by atoms with Crippen molar-refractivity contribution in [3.8, 4) is 5.75 Å². The number of carbonyl (C=O) groups is 2. The molecular weight excluding hydrogens is 304 g/mol. The van der Waals surface area contributed by atoms with E-state index in [0.717, 1.165) is 18.5 Å². The molecule has 3 rings (SSSR count). The van der Waals surface area contributed by atoms with E-state index in [1.165, 1.54) is 6.42 Å². The van der Waals surface area contributed by atoms with Crippen LogP contribution in [0.25, 0.3) is 0 Å². The van der Waals surface area contributed by atoms with Crippen molar-refractivity contribution in [1.29, 1.82) is 0 Å². The predicted octanol–water partition coefficient (Wildman–Crippen LogP) is 2.98. The van der Waals surface area contributed by atoms with Crippen LogP contribution in [0.2, 0.25) is 0 Å². The molecule has 0 aromatic heterocycles. The van der Waals surface area contributed by atoms with Crippen molar-refractivity contribution in [3.05, 3.63) is 24.3 Å². The fraction of sp³-hybridized carbons (Fsp3) is 0.579. The van der Waals surface area contributed by atoms with E-state index >= 15 is 0 Å². The van der Waals surface area contributed by atoms with Crippen molar-refractivity contribution < 1.29 is 14.3 Å². The fourth-order valence-electron chi connectivity index (χ4n) is 3.84. The van der Waals surface area contributed by atoms with Crippen LogP contribution in [0.4, 0.5) is 5.69 Å². The van der Waals surface area contributed by atoms with Crippen molar-refractivity contribution in [1.82, 2.24) is 4.90 Å². The second kappa shape index (κ2) is 6.83. The number of ether oxygens (including phenoxy) is 1. The van der Waals surface area contributed by atoms with Crippen LogP contribution in [0.1, 0.15) is 46.5 Å². The van der Waals surface area contributed by atoms with E-state index in [2.05, 4.69) is 13.8 Å². The SMILES string of the molecule is CC1Oc2ccccc2N(CCC(=O)N2C(C)CCCC2C)C1=O. The second-order valence-electron chi connectivity index (χ2n) is 6.90. The van der Waals surface area contributed by atoms with Crippen LogP contribution in [0, 0.1) is 0 Å². The van der Waals surface area contributed by atoms with Gasteiger partial charge in [-0.2, -0.15) is 0 Å². The standard InChI is InChI=1S/C19H26N2O3/c1-13-7-6-8-14(2)21(13)18(22)11-12-20-16-9-4-5-10-17(16)24-15(3)19(20)23/h4-5,9-10,13-15H,6-8,11-12H2,1-3H3. The first-order valence-electron chi connectivity index (χ1n) is 8.87. The molecule has 2 aliphatic rings. The van der Waals surface area contributed by atoms with Crippen molar-refractivity contribution >= 4 is 17.5 Å². The molecule has 0 saturated carbocycles. The quantitative estimate of drug-likeness (QED) is 0.856. The average Bonchev–Trinajstić information content (AvgIpc) is 2.55. The van der Waals surface area contributed by atoms with E-state index in [0.29, 0.717) is 18.7 Å². The molecule has 0 radical (unpaired) electrons. The molecule has 3 unspecified atom stereocenters. The normalized spacial score (nSPS) is 26.8. The molecule has 2 aliphatic heterocycles. The molecule has 1 aromatic carbocycles. The van der Waals surface area contributed by atoms with E-state index in [9.17, 15) is 9.59 Å². The number of amides is 2. The molecule has 5 heteroatoms. The van der Waals surface area contributed by atoms with Crippen LogP contribution in [-0.2, 0) is 9.59 Å². The van der Waals surface area contributed by atoms with E-state index in [1.54, 1.807) is 11.8 Å². The highest BCUT2D eigenvalue weighted by Gasteiger charge is 2.33. The van der Waals surface area contributed by atoms with E-state index in [1.807, 2.05) is 29.2 Å². The Morgan fingerprint density at radius 1 is 1.17 bits per heavy atom. The smallest absolute Gasteiger partial charge is 0.267 e. The monoisotopic (exact) mass is 330 g/mol. The van der Waals surface area contributed by atoms with E-state index in [4.69, 9.17) is 4.74 Å². The van der Waals surface area contributed by atoms with Crippen molar-refractivity contribution in [3.63, 3.8) is 0 Å². The second-order valence-corrected chi connectivity index (χ2v) is 6.90. The van der Waals surface area contributed by atoms with Crippen LogP contribution >= 0.6 is 0 Å². The minimum atomic E-state index is -0.511. The molecule has 1 saturated heterocycles. The number of benzene rings is 1. The summed E-state index contributed by atoms with van der Waals surface area (Å²) in [6.07, 6.45) is 3.14. The number of piperidine rings is 1. The number of likely N-dealkylation sites (tertiary alicyclic amines) is 1. The van der Waals surface area contributed by atoms with E-state index < -0.39 is 6.10 Å². The number of para-hydroxylation sites is 2. The summed E-state index contributed by atoms with van der Waals surface area (Å²) in [5.41, 5.74) is 0.758. The summed E-state index contributed by atoms with van der Waals surface area (Å²) in [4.78, 5) is 28.9. The lowest BCUT2D eigenvalue weighted by Gasteiger charge is -2.40. The summed E-state index contributed by atoms with van der Waals surface area (Å²) < 4.78 is 5.64. The number of hydrogen-bond donors (Lipinski definition) is 0. The van der Waals surface area contributed by atoms with Crippen LogP contribution in [0.5, 0.6) is 5.75 Å². The molecule has 2 heterocycles. The number of rotatable bonds is 3. The van der Waals surface area contributed by atoms with Gasteiger partial charge in [-0.15, -0.1) is 0 Å². The van der Waals surface area contributed by atoms with Gasteiger partial charge < -0.3 is 14.5 Å². The molecule has 0 spiro atoms. The zero-order valence-corrected chi connectivity index (χ0v) is 14.7. The average molecular weight is 330 g/mol. The molecule has 3 atom stereocenters. The first-order chi connectivity index (χ1) is 11.5. The number of anilines is 1. The largest absolute Gasteiger partial charge is 0.479 e. The fourth-order valence-corrected chi connectivity index (χ4v) is 3.84. The lowest BCUT2D eigenvalue weighted by atomic mass is 9.97. The first kappa shape index (κ1) is 16.8. The molecule has 5 nitrogen and oxygen atoms in total. The summed E-state index contributed by atoms with van der Waals surface area (Å²) in [5, 5.41) is 0. The molecule has 1 fully saturated rings. The minimum absolute atomic E-state index is 0.0822. The molecular formula is C19H26N2O3. The zero-order chi connectivity index (χ0) is 17.3. The zero-order valence-electron chi connectivity index (χ0n) is 14.7. The van der Waals surface area contributed by atoms with Gasteiger partial charge in [0.2, 0.25) is 5.91 Å². The van der Waals surface area contributed by atoms with Gasteiger partial charge in [-0.25, -0.2) is 0 Å².